The van der Waals surface area contributed by atoms with Crippen molar-refractivity contribution in [2.75, 3.05) is 32.7 Å². The van der Waals surface area contributed by atoms with Crippen LogP contribution in [0.3, 0.4) is 0 Å². The second-order valence-corrected chi connectivity index (χ2v) is 9.04. The van der Waals surface area contributed by atoms with Gasteiger partial charge >= 0.3 is 0 Å². The number of amides is 1. The molecule has 2 aliphatic rings. The van der Waals surface area contributed by atoms with Crippen LogP contribution in [0.2, 0.25) is 0 Å². The lowest BCUT2D eigenvalue weighted by Crippen LogP contribution is -2.48. The van der Waals surface area contributed by atoms with Crippen LogP contribution < -0.4 is 10.6 Å². The molecule has 7 nitrogen and oxygen atoms in total. The minimum absolute atomic E-state index is 0. The lowest BCUT2D eigenvalue weighted by atomic mass is 10.1. The van der Waals surface area contributed by atoms with Crippen LogP contribution in [0.4, 0.5) is 0 Å². The number of halogens is 1. The van der Waals surface area contributed by atoms with Crippen LogP contribution in [0.1, 0.15) is 30.6 Å². The molecule has 2 atom stereocenters. The van der Waals surface area contributed by atoms with Gasteiger partial charge in [-0.05, 0) is 51.1 Å². The first-order valence-electron chi connectivity index (χ1n) is 9.29. The summed E-state index contributed by atoms with van der Waals surface area (Å²) in [4.78, 5) is 12.5. The summed E-state index contributed by atoms with van der Waals surface area (Å²) in [5.74, 6) is -0.202. The Morgan fingerprint density at radius 3 is 2.43 bits per heavy atom. The van der Waals surface area contributed by atoms with Crippen molar-refractivity contribution >= 4 is 28.3 Å². The second-order valence-electron chi connectivity index (χ2n) is 7.10. The molecule has 1 aromatic carbocycles. The van der Waals surface area contributed by atoms with Crippen molar-refractivity contribution in [2.45, 2.75) is 37.4 Å². The lowest BCUT2D eigenvalue weighted by Gasteiger charge is -2.34. The van der Waals surface area contributed by atoms with E-state index in [4.69, 9.17) is 4.74 Å². The molecule has 2 unspecified atom stereocenters. The molecule has 156 valence electrons. The molecular weight excluding hydrogens is 402 g/mol. The van der Waals surface area contributed by atoms with Crippen LogP contribution in [0.5, 0.6) is 0 Å². The number of hydrogen-bond acceptors (Lipinski definition) is 5. The fraction of sp³-hybridized carbons (Fsp3) is 0.526. The predicted octanol–water partition coefficient (Wildman–Crippen LogP) is 1.56. The van der Waals surface area contributed by atoms with Gasteiger partial charge in [0.25, 0.3) is 5.91 Å². The Bertz CT molecular complexity index is 801. The summed E-state index contributed by atoms with van der Waals surface area (Å²) in [5, 5.41) is 6.12. The Hall–Kier alpha value is -1.45. The summed E-state index contributed by atoms with van der Waals surface area (Å²) < 4.78 is 32.8. The Labute approximate surface area is 173 Å². The molecular formula is C19H28ClN3O4S. The van der Waals surface area contributed by atoms with Crippen LogP contribution >= 0.6 is 12.4 Å². The Morgan fingerprint density at radius 1 is 1.21 bits per heavy atom. The summed E-state index contributed by atoms with van der Waals surface area (Å²) in [6.45, 7) is 6.66. The zero-order valence-electron chi connectivity index (χ0n) is 16.2. The van der Waals surface area contributed by atoms with Crippen molar-refractivity contribution in [2.24, 2.45) is 0 Å². The largest absolute Gasteiger partial charge is 0.373 e. The standard InChI is InChI=1S/C19H27N3O4S.ClH/c1-14-12-22(13-15(2)26-14)27(24,25)18-5-3-17(4-6-18)19(23)21-11-16-7-9-20-10-8-16;/h3-7,14-15,20H,8-13H2,1-2H3,(H,21,23);1H. The maximum absolute atomic E-state index is 12.8. The number of carbonyl (C=O) groups excluding carboxylic acids is 1. The van der Waals surface area contributed by atoms with E-state index in [1.807, 2.05) is 13.8 Å². The minimum atomic E-state index is -3.59. The first kappa shape index (κ1) is 22.8. The normalized spacial score (nSPS) is 23.4. The molecule has 1 fully saturated rings. The Kier molecular flexibility index (Phi) is 8.03. The van der Waals surface area contributed by atoms with E-state index in [0.29, 0.717) is 25.2 Å². The highest BCUT2D eigenvalue weighted by Crippen LogP contribution is 2.21. The number of sulfonamides is 1. The molecule has 1 aromatic rings. The van der Waals surface area contributed by atoms with Crippen molar-refractivity contribution in [3.63, 3.8) is 0 Å². The van der Waals surface area contributed by atoms with Crippen LogP contribution in [0.15, 0.2) is 40.8 Å². The number of benzene rings is 1. The summed E-state index contributed by atoms with van der Waals surface area (Å²) in [7, 11) is -3.59. The molecule has 0 aliphatic carbocycles. The maximum atomic E-state index is 12.8. The molecule has 0 aromatic heterocycles. The molecule has 2 N–H and O–H groups in total. The van der Waals surface area contributed by atoms with Crippen molar-refractivity contribution in [1.29, 1.82) is 0 Å². The summed E-state index contributed by atoms with van der Waals surface area (Å²) >= 11 is 0. The van der Waals surface area contributed by atoms with Gasteiger partial charge in [-0.1, -0.05) is 11.6 Å². The zero-order valence-corrected chi connectivity index (χ0v) is 17.8. The number of rotatable bonds is 5. The highest BCUT2D eigenvalue weighted by molar-refractivity contribution is 7.89. The van der Waals surface area contributed by atoms with E-state index in [0.717, 1.165) is 19.5 Å². The SMILES string of the molecule is CC1CN(S(=O)(=O)c2ccc(C(=O)NCC3=CCNCC3)cc2)CC(C)O1.Cl. The maximum Gasteiger partial charge on any atom is 0.251 e. The molecule has 0 spiro atoms. The summed E-state index contributed by atoms with van der Waals surface area (Å²) in [6, 6.07) is 6.12. The van der Waals surface area contributed by atoms with E-state index >= 15 is 0 Å². The molecule has 0 radical (unpaired) electrons. The summed E-state index contributed by atoms with van der Waals surface area (Å²) in [5.41, 5.74) is 1.66. The van der Waals surface area contributed by atoms with Gasteiger partial charge in [0.1, 0.15) is 0 Å². The first-order chi connectivity index (χ1) is 12.9. The lowest BCUT2D eigenvalue weighted by molar-refractivity contribution is -0.0440. The number of ether oxygens (including phenoxy) is 1. The van der Waals surface area contributed by atoms with Crippen molar-refractivity contribution in [3.8, 4) is 0 Å². The highest BCUT2D eigenvalue weighted by atomic mass is 35.5. The van der Waals surface area contributed by atoms with E-state index in [1.54, 1.807) is 12.1 Å². The Morgan fingerprint density at radius 2 is 1.86 bits per heavy atom. The fourth-order valence-corrected chi connectivity index (χ4v) is 4.97. The molecule has 1 saturated heterocycles. The van der Waals surface area contributed by atoms with Crippen LogP contribution in [0, 0.1) is 0 Å². The average molecular weight is 430 g/mol. The van der Waals surface area contributed by atoms with E-state index in [9.17, 15) is 13.2 Å². The van der Waals surface area contributed by atoms with Crippen LogP contribution in [-0.4, -0.2) is 63.6 Å². The predicted molar refractivity (Wildman–Crippen MR) is 110 cm³/mol. The minimum Gasteiger partial charge on any atom is -0.373 e. The summed E-state index contributed by atoms with van der Waals surface area (Å²) in [6.07, 6.45) is 2.73. The van der Waals surface area contributed by atoms with E-state index in [1.165, 1.54) is 22.0 Å². The fourth-order valence-electron chi connectivity index (χ4n) is 3.38. The third-order valence-electron chi connectivity index (χ3n) is 4.77. The molecule has 2 aliphatic heterocycles. The van der Waals surface area contributed by atoms with E-state index < -0.39 is 10.0 Å². The quantitative estimate of drug-likeness (QED) is 0.693. The van der Waals surface area contributed by atoms with Crippen LogP contribution in [0.25, 0.3) is 0 Å². The van der Waals surface area contributed by atoms with Crippen LogP contribution in [-0.2, 0) is 14.8 Å². The smallest absolute Gasteiger partial charge is 0.251 e. The molecule has 0 saturated carbocycles. The first-order valence-corrected chi connectivity index (χ1v) is 10.7. The van der Waals surface area contributed by atoms with Gasteiger partial charge in [-0.2, -0.15) is 4.31 Å². The van der Waals surface area contributed by atoms with Gasteiger partial charge < -0.3 is 15.4 Å². The topological polar surface area (TPSA) is 87.7 Å². The highest BCUT2D eigenvalue weighted by Gasteiger charge is 2.32. The number of nitrogens with zero attached hydrogens (tertiary/aromatic N) is 1. The molecule has 9 heteroatoms. The third-order valence-corrected chi connectivity index (χ3v) is 6.62. The van der Waals surface area contributed by atoms with Gasteiger partial charge in [-0.15, -0.1) is 12.4 Å². The van der Waals surface area contributed by atoms with Gasteiger partial charge in [-0.3, -0.25) is 4.79 Å². The van der Waals surface area contributed by atoms with Gasteiger partial charge in [0.15, 0.2) is 0 Å². The third kappa shape index (κ3) is 5.55. The number of morpholine rings is 1. The molecule has 0 bridgehead atoms. The number of carbonyl (C=O) groups is 1. The van der Waals surface area contributed by atoms with Gasteiger partial charge in [0.2, 0.25) is 10.0 Å². The van der Waals surface area contributed by atoms with Crippen molar-refractivity contribution in [1.82, 2.24) is 14.9 Å². The van der Waals surface area contributed by atoms with Gasteiger partial charge in [-0.25, -0.2) is 8.42 Å². The molecule has 28 heavy (non-hydrogen) atoms. The molecule has 2 heterocycles. The number of nitrogens with one attached hydrogen (secondary N) is 2. The molecule has 3 rings (SSSR count). The average Bonchev–Trinajstić information content (AvgIpc) is 2.66. The van der Waals surface area contributed by atoms with E-state index in [2.05, 4.69) is 16.7 Å². The van der Waals surface area contributed by atoms with E-state index in [-0.39, 0.29) is 35.4 Å². The second kappa shape index (κ2) is 9.84. The van der Waals surface area contributed by atoms with Crippen molar-refractivity contribution < 1.29 is 17.9 Å². The van der Waals surface area contributed by atoms with Gasteiger partial charge in [0.05, 0.1) is 17.1 Å². The van der Waals surface area contributed by atoms with Crippen molar-refractivity contribution in [3.05, 3.63) is 41.5 Å². The monoisotopic (exact) mass is 429 g/mol. The Balaban J connectivity index is 0.00000280. The zero-order chi connectivity index (χ0) is 19.4. The molecule has 1 amide bonds. The van der Waals surface area contributed by atoms with Gasteiger partial charge in [0, 0.05) is 31.7 Å². The number of hydrogen-bond donors (Lipinski definition) is 2.